The van der Waals surface area contributed by atoms with Gasteiger partial charge in [-0.05, 0) is 25.1 Å². The third-order valence-electron chi connectivity index (χ3n) is 1.63. The van der Waals surface area contributed by atoms with E-state index in [1.165, 1.54) is 12.1 Å². The van der Waals surface area contributed by atoms with E-state index in [-0.39, 0.29) is 17.7 Å². The SMILES string of the molecule is C#Cc1cc(C(=O)OCC)ccc1F. The Morgan fingerprint density at radius 1 is 1.64 bits per heavy atom. The molecule has 0 aliphatic carbocycles. The fourth-order valence-electron chi connectivity index (χ4n) is 0.977. The summed E-state index contributed by atoms with van der Waals surface area (Å²) in [6.45, 7) is 1.98. The monoisotopic (exact) mass is 192 g/mol. The molecule has 0 radical (unpaired) electrons. The zero-order chi connectivity index (χ0) is 10.6. The van der Waals surface area contributed by atoms with Crippen molar-refractivity contribution in [3.63, 3.8) is 0 Å². The first kappa shape index (κ1) is 10.3. The van der Waals surface area contributed by atoms with E-state index < -0.39 is 11.8 Å². The second kappa shape index (κ2) is 4.43. The highest BCUT2D eigenvalue weighted by Gasteiger charge is 2.08. The summed E-state index contributed by atoms with van der Waals surface area (Å²) >= 11 is 0. The molecule has 14 heavy (non-hydrogen) atoms. The Bertz CT molecular complexity index is 391. The molecule has 1 aromatic rings. The quantitative estimate of drug-likeness (QED) is 0.529. The van der Waals surface area contributed by atoms with Crippen molar-refractivity contribution < 1.29 is 13.9 Å². The maximum atomic E-state index is 12.9. The van der Waals surface area contributed by atoms with E-state index in [1.807, 2.05) is 0 Å². The van der Waals surface area contributed by atoms with Crippen LogP contribution in [-0.2, 0) is 4.74 Å². The van der Waals surface area contributed by atoms with Crippen molar-refractivity contribution in [3.05, 3.63) is 35.1 Å². The highest BCUT2D eigenvalue weighted by atomic mass is 19.1. The molecule has 0 aromatic heterocycles. The minimum absolute atomic E-state index is 0.0653. The average molecular weight is 192 g/mol. The van der Waals surface area contributed by atoms with Crippen molar-refractivity contribution in [3.8, 4) is 12.3 Å². The van der Waals surface area contributed by atoms with Crippen LogP contribution in [0.4, 0.5) is 4.39 Å². The van der Waals surface area contributed by atoms with Crippen molar-refractivity contribution >= 4 is 5.97 Å². The van der Waals surface area contributed by atoms with E-state index in [0.29, 0.717) is 0 Å². The van der Waals surface area contributed by atoms with Crippen LogP contribution in [0.25, 0.3) is 0 Å². The number of rotatable bonds is 2. The molecule has 0 heterocycles. The first-order valence-corrected chi connectivity index (χ1v) is 4.12. The summed E-state index contributed by atoms with van der Waals surface area (Å²) in [4.78, 5) is 11.2. The van der Waals surface area contributed by atoms with Gasteiger partial charge < -0.3 is 4.74 Å². The van der Waals surface area contributed by atoms with Crippen LogP contribution >= 0.6 is 0 Å². The molecule has 0 amide bonds. The van der Waals surface area contributed by atoms with Crippen LogP contribution < -0.4 is 0 Å². The Hall–Kier alpha value is -1.82. The number of hydrogen-bond donors (Lipinski definition) is 0. The molecule has 0 aliphatic heterocycles. The molecule has 0 saturated carbocycles. The molecule has 1 rings (SSSR count). The molecule has 0 unspecified atom stereocenters. The highest BCUT2D eigenvalue weighted by Crippen LogP contribution is 2.10. The number of ether oxygens (including phenoxy) is 1. The Morgan fingerprint density at radius 2 is 2.36 bits per heavy atom. The zero-order valence-corrected chi connectivity index (χ0v) is 7.71. The summed E-state index contributed by atoms with van der Waals surface area (Å²) in [5.41, 5.74) is 0.330. The Labute approximate surface area is 81.7 Å². The summed E-state index contributed by atoms with van der Waals surface area (Å²) in [5.74, 6) is 1.14. The van der Waals surface area contributed by atoms with Gasteiger partial charge in [0, 0.05) is 0 Å². The number of carbonyl (C=O) groups is 1. The van der Waals surface area contributed by atoms with Gasteiger partial charge in [0.2, 0.25) is 0 Å². The largest absolute Gasteiger partial charge is 0.462 e. The molecule has 0 spiro atoms. The van der Waals surface area contributed by atoms with Crippen LogP contribution in [0.1, 0.15) is 22.8 Å². The number of terminal acetylenes is 1. The Kier molecular flexibility index (Phi) is 3.24. The van der Waals surface area contributed by atoms with Gasteiger partial charge >= 0.3 is 5.97 Å². The van der Waals surface area contributed by atoms with Crippen molar-refractivity contribution in [2.75, 3.05) is 6.61 Å². The van der Waals surface area contributed by atoms with Crippen molar-refractivity contribution in [1.29, 1.82) is 0 Å². The normalized spacial score (nSPS) is 9.21. The first-order valence-electron chi connectivity index (χ1n) is 4.12. The van der Waals surface area contributed by atoms with Gasteiger partial charge in [-0.25, -0.2) is 9.18 Å². The van der Waals surface area contributed by atoms with Gasteiger partial charge in [-0.15, -0.1) is 6.42 Å². The van der Waals surface area contributed by atoms with Crippen molar-refractivity contribution in [2.24, 2.45) is 0 Å². The number of esters is 1. The molecule has 0 bridgehead atoms. The van der Waals surface area contributed by atoms with Crippen LogP contribution in [-0.4, -0.2) is 12.6 Å². The Balaban J connectivity index is 3.02. The topological polar surface area (TPSA) is 26.3 Å². The second-order valence-electron chi connectivity index (χ2n) is 2.56. The summed E-state index contributed by atoms with van der Waals surface area (Å²) < 4.78 is 17.7. The van der Waals surface area contributed by atoms with Crippen LogP contribution in [0, 0.1) is 18.2 Å². The van der Waals surface area contributed by atoms with E-state index in [4.69, 9.17) is 11.2 Å². The summed E-state index contributed by atoms with van der Waals surface area (Å²) in [6, 6.07) is 3.79. The van der Waals surface area contributed by atoms with E-state index in [9.17, 15) is 9.18 Å². The molecule has 0 N–H and O–H groups in total. The minimum atomic E-state index is -0.513. The summed E-state index contributed by atoms with van der Waals surface area (Å²) in [5, 5.41) is 0. The predicted octanol–water partition coefficient (Wildman–Crippen LogP) is 1.98. The van der Waals surface area contributed by atoms with E-state index >= 15 is 0 Å². The number of carbonyl (C=O) groups excluding carboxylic acids is 1. The minimum Gasteiger partial charge on any atom is -0.462 e. The fraction of sp³-hybridized carbons (Fsp3) is 0.182. The third kappa shape index (κ3) is 2.11. The maximum Gasteiger partial charge on any atom is 0.338 e. The van der Waals surface area contributed by atoms with Gasteiger partial charge in [0.1, 0.15) is 5.82 Å². The molecule has 0 fully saturated rings. The molecule has 0 saturated heterocycles. The van der Waals surface area contributed by atoms with Crippen LogP contribution in [0.15, 0.2) is 18.2 Å². The smallest absolute Gasteiger partial charge is 0.338 e. The van der Waals surface area contributed by atoms with Crippen molar-refractivity contribution in [1.82, 2.24) is 0 Å². The van der Waals surface area contributed by atoms with Gasteiger partial charge in [-0.2, -0.15) is 0 Å². The van der Waals surface area contributed by atoms with Crippen LogP contribution in [0.2, 0.25) is 0 Å². The predicted molar refractivity (Wildman–Crippen MR) is 50.3 cm³/mol. The molecular weight excluding hydrogens is 183 g/mol. The van der Waals surface area contributed by atoms with E-state index in [2.05, 4.69) is 5.92 Å². The number of halogens is 1. The lowest BCUT2D eigenvalue weighted by atomic mass is 10.1. The summed E-state index contributed by atoms with van der Waals surface area (Å²) in [7, 11) is 0. The van der Waals surface area contributed by atoms with Crippen LogP contribution in [0.3, 0.4) is 0 Å². The maximum absolute atomic E-state index is 12.9. The second-order valence-corrected chi connectivity index (χ2v) is 2.56. The van der Waals surface area contributed by atoms with E-state index in [0.717, 1.165) is 6.07 Å². The van der Waals surface area contributed by atoms with Crippen LogP contribution in [0.5, 0.6) is 0 Å². The van der Waals surface area contributed by atoms with Gasteiger partial charge in [0.05, 0.1) is 17.7 Å². The van der Waals surface area contributed by atoms with Gasteiger partial charge in [-0.3, -0.25) is 0 Å². The summed E-state index contributed by atoms with van der Waals surface area (Å²) in [6.07, 6.45) is 5.05. The highest BCUT2D eigenvalue weighted by molar-refractivity contribution is 5.89. The molecule has 3 heteroatoms. The van der Waals surface area contributed by atoms with Crippen molar-refractivity contribution in [2.45, 2.75) is 6.92 Å². The lowest BCUT2D eigenvalue weighted by molar-refractivity contribution is 0.0526. The molecule has 0 aliphatic rings. The number of benzene rings is 1. The standard InChI is InChI=1S/C11H9FO2/c1-3-8-7-9(5-6-10(8)12)11(13)14-4-2/h1,5-7H,4H2,2H3. The fourth-order valence-corrected chi connectivity index (χ4v) is 0.977. The molecule has 2 nitrogen and oxygen atoms in total. The lowest BCUT2D eigenvalue weighted by Gasteiger charge is -2.02. The molecular formula is C11H9FO2. The first-order chi connectivity index (χ1) is 6.69. The molecule has 72 valence electrons. The average Bonchev–Trinajstić information content (AvgIpc) is 2.19. The third-order valence-corrected chi connectivity index (χ3v) is 1.63. The molecule has 0 atom stereocenters. The Morgan fingerprint density at radius 3 is 2.93 bits per heavy atom. The van der Waals surface area contributed by atoms with Gasteiger partial charge in [0.25, 0.3) is 0 Å². The zero-order valence-electron chi connectivity index (χ0n) is 7.71. The van der Waals surface area contributed by atoms with Gasteiger partial charge in [0.15, 0.2) is 0 Å². The lowest BCUT2D eigenvalue weighted by Crippen LogP contribution is -2.05. The number of hydrogen-bond acceptors (Lipinski definition) is 2. The van der Waals surface area contributed by atoms with Gasteiger partial charge in [-0.1, -0.05) is 5.92 Å². The molecule has 1 aromatic carbocycles. The van der Waals surface area contributed by atoms with E-state index in [1.54, 1.807) is 6.92 Å².